The second-order valence-electron chi connectivity index (χ2n) is 6.70. The van der Waals surface area contributed by atoms with Crippen LogP contribution in [0.2, 0.25) is 0 Å². The van der Waals surface area contributed by atoms with Crippen LogP contribution in [0, 0.1) is 0 Å². The summed E-state index contributed by atoms with van der Waals surface area (Å²) in [7, 11) is 0. The quantitative estimate of drug-likeness (QED) is 0.321. The Labute approximate surface area is 167 Å². The van der Waals surface area contributed by atoms with Crippen molar-refractivity contribution in [3.05, 3.63) is 131 Å². The monoisotopic (exact) mass is 358 g/mol. The Balaban J connectivity index is 1.71. The zero-order valence-electron chi connectivity index (χ0n) is 15.7. The highest BCUT2D eigenvalue weighted by molar-refractivity contribution is 5.83. The molecule has 0 saturated heterocycles. The van der Waals surface area contributed by atoms with Crippen molar-refractivity contribution in [1.29, 1.82) is 0 Å². The molecule has 0 N–H and O–H groups in total. The molecular weight excluding hydrogens is 336 g/mol. The molecule has 0 spiro atoms. The Morgan fingerprint density at radius 2 is 0.893 bits per heavy atom. The van der Waals surface area contributed by atoms with Crippen molar-refractivity contribution < 1.29 is 0 Å². The van der Waals surface area contributed by atoms with E-state index >= 15 is 0 Å². The molecule has 0 radical (unpaired) electrons. The first-order valence-electron chi connectivity index (χ1n) is 9.54. The summed E-state index contributed by atoms with van der Waals surface area (Å²) in [6.45, 7) is 0. The zero-order chi connectivity index (χ0) is 19.0. The molecule has 0 aromatic heterocycles. The Hall–Kier alpha value is -3.64. The van der Waals surface area contributed by atoms with Gasteiger partial charge in [-0.15, -0.1) is 0 Å². The summed E-state index contributed by atoms with van der Waals surface area (Å²) >= 11 is 0. The van der Waals surface area contributed by atoms with E-state index in [-0.39, 0.29) is 0 Å². The van der Waals surface area contributed by atoms with E-state index in [1.807, 2.05) is 12.1 Å². The smallest absolute Gasteiger partial charge is 0.0111 e. The SMILES string of the molecule is C(=Cc1ccc(-c2ccccc2)c(C=Cc2ccccc2)c1)c1ccccc1. The lowest BCUT2D eigenvalue weighted by Crippen LogP contribution is -1.85. The summed E-state index contributed by atoms with van der Waals surface area (Å²) in [5, 5.41) is 0. The van der Waals surface area contributed by atoms with Gasteiger partial charge in [0.05, 0.1) is 0 Å². The minimum absolute atomic E-state index is 1.19. The van der Waals surface area contributed by atoms with E-state index in [4.69, 9.17) is 0 Å². The van der Waals surface area contributed by atoms with Gasteiger partial charge in [0.2, 0.25) is 0 Å². The standard InChI is InChI=1S/C28H22/c1-4-10-23(11-5-1)16-17-25-19-21-28(26-14-8-3-9-15-26)27(22-25)20-18-24-12-6-2-7-13-24/h1-22H. The van der Waals surface area contributed by atoms with Gasteiger partial charge in [-0.2, -0.15) is 0 Å². The molecule has 4 aromatic carbocycles. The zero-order valence-corrected chi connectivity index (χ0v) is 15.7. The van der Waals surface area contributed by atoms with Gasteiger partial charge in [0.25, 0.3) is 0 Å². The van der Waals surface area contributed by atoms with E-state index in [2.05, 4.69) is 121 Å². The van der Waals surface area contributed by atoms with Crippen LogP contribution < -0.4 is 0 Å². The minimum Gasteiger partial charge on any atom is -0.0622 e. The summed E-state index contributed by atoms with van der Waals surface area (Å²) in [6, 6.07) is 38.0. The molecule has 4 aromatic rings. The van der Waals surface area contributed by atoms with Gasteiger partial charge in [-0.3, -0.25) is 0 Å². The molecule has 28 heavy (non-hydrogen) atoms. The molecule has 0 aliphatic heterocycles. The fourth-order valence-electron chi connectivity index (χ4n) is 3.21. The van der Waals surface area contributed by atoms with Gasteiger partial charge in [-0.25, -0.2) is 0 Å². The number of benzene rings is 4. The highest BCUT2D eigenvalue weighted by Gasteiger charge is 2.03. The lowest BCUT2D eigenvalue weighted by Gasteiger charge is -2.08. The minimum atomic E-state index is 1.19. The molecule has 0 heteroatoms. The van der Waals surface area contributed by atoms with Crippen LogP contribution in [0.15, 0.2) is 109 Å². The van der Waals surface area contributed by atoms with Crippen LogP contribution in [0.4, 0.5) is 0 Å². The predicted molar refractivity (Wildman–Crippen MR) is 123 cm³/mol. The fraction of sp³-hybridized carbons (Fsp3) is 0. The Kier molecular flexibility index (Phi) is 5.60. The number of rotatable bonds is 5. The van der Waals surface area contributed by atoms with E-state index < -0.39 is 0 Å². The maximum atomic E-state index is 2.25. The first-order chi connectivity index (χ1) is 13.9. The van der Waals surface area contributed by atoms with Gasteiger partial charge < -0.3 is 0 Å². The summed E-state index contributed by atoms with van der Waals surface area (Å²) < 4.78 is 0. The predicted octanol–water partition coefficient (Wildman–Crippen LogP) is 7.69. The van der Waals surface area contributed by atoms with Crippen molar-refractivity contribution in [2.24, 2.45) is 0 Å². The molecule has 0 bridgehead atoms. The van der Waals surface area contributed by atoms with Crippen LogP contribution in [-0.4, -0.2) is 0 Å². The van der Waals surface area contributed by atoms with Gasteiger partial charge in [-0.1, -0.05) is 127 Å². The van der Waals surface area contributed by atoms with Crippen molar-refractivity contribution in [3.63, 3.8) is 0 Å². The van der Waals surface area contributed by atoms with Crippen molar-refractivity contribution >= 4 is 24.3 Å². The van der Waals surface area contributed by atoms with Crippen LogP contribution in [-0.2, 0) is 0 Å². The Morgan fingerprint density at radius 3 is 1.50 bits per heavy atom. The van der Waals surface area contributed by atoms with Crippen LogP contribution in [0.25, 0.3) is 35.4 Å². The van der Waals surface area contributed by atoms with E-state index in [0.29, 0.717) is 0 Å². The summed E-state index contributed by atoms with van der Waals surface area (Å²) in [6.07, 6.45) is 8.70. The van der Waals surface area contributed by atoms with Gasteiger partial charge in [0.15, 0.2) is 0 Å². The third-order valence-electron chi connectivity index (χ3n) is 4.68. The highest BCUT2D eigenvalue weighted by atomic mass is 14.1. The van der Waals surface area contributed by atoms with Gasteiger partial charge >= 0.3 is 0 Å². The number of hydrogen-bond acceptors (Lipinski definition) is 0. The molecule has 0 nitrogen and oxygen atoms in total. The van der Waals surface area contributed by atoms with Gasteiger partial charge in [0.1, 0.15) is 0 Å². The molecule has 0 aliphatic carbocycles. The van der Waals surface area contributed by atoms with Crippen molar-refractivity contribution in [1.82, 2.24) is 0 Å². The van der Waals surface area contributed by atoms with Crippen LogP contribution in [0.5, 0.6) is 0 Å². The first kappa shape index (κ1) is 17.8. The fourth-order valence-corrected chi connectivity index (χ4v) is 3.21. The van der Waals surface area contributed by atoms with E-state index in [1.165, 1.54) is 33.4 Å². The maximum absolute atomic E-state index is 2.25. The lowest BCUT2D eigenvalue weighted by atomic mass is 9.96. The summed E-state index contributed by atoms with van der Waals surface area (Å²) in [5.41, 5.74) is 7.28. The molecule has 0 fully saturated rings. The second kappa shape index (κ2) is 8.83. The first-order valence-corrected chi connectivity index (χ1v) is 9.54. The maximum Gasteiger partial charge on any atom is -0.0111 e. The Morgan fingerprint density at radius 1 is 0.393 bits per heavy atom. The largest absolute Gasteiger partial charge is 0.0622 e. The molecule has 0 saturated carbocycles. The average molecular weight is 358 g/mol. The van der Waals surface area contributed by atoms with Crippen LogP contribution >= 0.6 is 0 Å². The molecule has 0 unspecified atom stereocenters. The van der Waals surface area contributed by atoms with E-state index in [1.54, 1.807) is 0 Å². The van der Waals surface area contributed by atoms with Gasteiger partial charge in [-0.05, 0) is 39.4 Å². The molecule has 0 aliphatic rings. The molecule has 0 heterocycles. The third-order valence-corrected chi connectivity index (χ3v) is 4.68. The van der Waals surface area contributed by atoms with Crippen molar-refractivity contribution in [3.8, 4) is 11.1 Å². The highest BCUT2D eigenvalue weighted by Crippen LogP contribution is 2.27. The summed E-state index contributed by atoms with van der Waals surface area (Å²) in [5.74, 6) is 0. The number of hydrogen-bond donors (Lipinski definition) is 0. The summed E-state index contributed by atoms with van der Waals surface area (Å²) in [4.78, 5) is 0. The average Bonchev–Trinajstić information content (AvgIpc) is 2.78. The van der Waals surface area contributed by atoms with Crippen molar-refractivity contribution in [2.75, 3.05) is 0 Å². The lowest BCUT2D eigenvalue weighted by molar-refractivity contribution is 1.57. The molecule has 134 valence electrons. The topological polar surface area (TPSA) is 0 Å². The van der Waals surface area contributed by atoms with E-state index in [0.717, 1.165) is 0 Å². The van der Waals surface area contributed by atoms with Gasteiger partial charge in [0, 0.05) is 0 Å². The van der Waals surface area contributed by atoms with Crippen molar-refractivity contribution in [2.45, 2.75) is 0 Å². The normalized spacial score (nSPS) is 11.3. The molecule has 0 amide bonds. The second-order valence-corrected chi connectivity index (χ2v) is 6.70. The van der Waals surface area contributed by atoms with E-state index in [9.17, 15) is 0 Å². The van der Waals surface area contributed by atoms with Crippen LogP contribution in [0.1, 0.15) is 22.3 Å². The Bertz CT molecular complexity index is 1070. The molecular formula is C28H22. The molecule has 4 rings (SSSR count). The third kappa shape index (κ3) is 4.55. The van der Waals surface area contributed by atoms with Crippen LogP contribution in [0.3, 0.4) is 0 Å². The molecule has 0 atom stereocenters.